The summed E-state index contributed by atoms with van der Waals surface area (Å²) in [7, 11) is 0. The average molecular weight is 293 g/mol. The molecule has 1 aromatic rings. The van der Waals surface area contributed by atoms with Gasteiger partial charge < -0.3 is 5.11 Å². The zero-order valence-electron chi connectivity index (χ0n) is 9.94. The fourth-order valence-electron chi connectivity index (χ4n) is 2.35. The Morgan fingerprint density at radius 1 is 1.47 bits per heavy atom. The number of aliphatic carboxylic acids is 1. The molecule has 0 saturated heterocycles. The number of hydrogen-bond acceptors (Lipinski definition) is 2. The van der Waals surface area contributed by atoms with Gasteiger partial charge in [0, 0.05) is 18.3 Å². The van der Waals surface area contributed by atoms with Crippen molar-refractivity contribution in [1.29, 1.82) is 0 Å². The molecule has 0 aliphatic heterocycles. The van der Waals surface area contributed by atoms with Gasteiger partial charge in [0.05, 0.1) is 11.8 Å². The summed E-state index contributed by atoms with van der Waals surface area (Å²) in [5.74, 6) is -2.27. The van der Waals surface area contributed by atoms with Crippen LogP contribution in [0.15, 0.2) is 24.5 Å². The molecule has 0 aromatic carbocycles. The third-order valence-electron chi connectivity index (χ3n) is 3.49. The number of alkyl halides is 3. The van der Waals surface area contributed by atoms with E-state index in [1.165, 1.54) is 24.5 Å². The summed E-state index contributed by atoms with van der Waals surface area (Å²) in [6.07, 6.45) is -2.14. The molecular formula is C12H14F3NO2S. The second-order valence-corrected chi connectivity index (χ2v) is 4.59. The van der Waals surface area contributed by atoms with Gasteiger partial charge in [-0.2, -0.15) is 26.7 Å². The van der Waals surface area contributed by atoms with Gasteiger partial charge in [-0.25, -0.2) is 0 Å². The van der Waals surface area contributed by atoms with Crippen LogP contribution >= 0.6 is 13.5 Å². The lowest BCUT2D eigenvalue weighted by molar-refractivity contribution is -0.195. The molecule has 7 heteroatoms. The molecular weight excluding hydrogens is 279 g/mol. The molecule has 1 N–H and O–H groups in total. The molecule has 106 valence electrons. The van der Waals surface area contributed by atoms with Crippen LogP contribution in [-0.2, 0) is 4.79 Å². The number of carboxylic acid groups (broad SMARTS) is 1. The van der Waals surface area contributed by atoms with E-state index in [-0.39, 0.29) is 26.3 Å². The molecule has 3 nitrogen and oxygen atoms in total. The van der Waals surface area contributed by atoms with Crippen LogP contribution in [0, 0.1) is 5.41 Å². The third kappa shape index (κ3) is 3.02. The summed E-state index contributed by atoms with van der Waals surface area (Å²) >= 11 is 0. The van der Waals surface area contributed by atoms with Gasteiger partial charge in [-0.1, -0.05) is 6.07 Å². The van der Waals surface area contributed by atoms with Crippen molar-refractivity contribution in [3.05, 3.63) is 30.1 Å². The van der Waals surface area contributed by atoms with Gasteiger partial charge in [0.1, 0.15) is 0 Å². The summed E-state index contributed by atoms with van der Waals surface area (Å²) in [6.45, 7) is 0. The molecule has 1 fully saturated rings. The first-order chi connectivity index (χ1) is 8.37. The number of carboxylic acids is 1. The van der Waals surface area contributed by atoms with Crippen molar-refractivity contribution < 1.29 is 23.1 Å². The normalized spacial score (nSPS) is 18.3. The Bertz CT molecular complexity index is 446. The van der Waals surface area contributed by atoms with Crippen LogP contribution in [-0.4, -0.2) is 22.2 Å². The van der Waals surface area contributed by atoms with E-state index in [0.29, 0.717) is 5.56 Å². The van der Waals surface area contributed by atoms with E-state index in [4.69, 9.17) is 5.11 Å². The molecule has 19 heavy (non-hydrogen) atoms. The predicted octanol–water partition coefficient (Wildman–Crippen LogP) is 3.10. The Morgan fingerprint density at radius 3 is 2.47 bits per heavy atom. The molecule has 2 rings (SSSR count). The number of halogens is 3. The largest absolute Gasteiger partial charge is 0.481 e. The Labute approximate surface area is 115 Å². The topological polar surface area (TPSA) is 50.2 Å². The summed E-state index contributed by atoms with van der Waals surface area (Å²) in [5, 5.41) is 8.81. The lowest BCUT2D eigenvalue weighted by Crippen LogP contribution is -2.32. The molecule has 1 aliphatic carbocycles. The van der Waals surface area contributed by atoms with E-state index < -0.39 is 29.9 Å². The summed E-state index contributed by atoms with van der Waals surface area (Å²) in [5.41, 5.74) is -1.54. The van der Waals surface area contributed by atoms with E-state index in [0.717, 1.165) is 0 Å². The third-order valence-corrected chi connectivity index (χ3v) is 3.49. The lowest BCUT2D eigenvalue weighted by atomic mass is 9.81. The zero-order chi connectivity index (χ0) is 13.4. The van der Waals surface area contributed by atoms with Crippen molar-refractivity contribution in [1.82, 2.24) is 4.98 Å². The maximum Gasteiger partial charge on any atom is 0.395 e. The smallest absolute Gasteiger partial charge is 0.395 e. The number of pyridine rings is 1. The highest BCUT2D eigenvalue weighted by Crippen LogP contribution is 2.66. The highest BCUT2D eigenvalue weighted by atomic mass is 32.1. The monoisotopic (exact) mass is 293 g/mol. The molecule has 0 radical (unpaired) electrons. The number of hydrogen-bond donors (Lipinski definition) is 1. The van der Waals surface area contributed by atoms with Crippen molar-refractivity contribution in [3.8, 4) is 0 Å². The van der Waals surface area contributed by atoms with Gasteiger partial charge >= 0.3 is 12.1 Å². The van der Waals surface area contributed by atoms with E-state index in [1.54, 1.807) is 0 Å². The van der Waals surface area contributed by atoms with E-state index in [1.807, 2.05) is 0 Å². The van der Waals surface area contributed by atoms with Crippen molar-refractivity contribution in [2.45, 2.75) is 31.4 Å². The second kappa shape index (κ2) is 5.40. The first kappa shape index (κ1) is 15.8. The van der Waals surface area contributed by atoms with E-state index >= 15 is 0 Å². The molecule has 1 saturated carbocycles. The van der Waals surface area contributed by atoms with Gasteiger partial charge in [-0.3, -0.25) is 9.78 Å². The highest BCUT2D eigenvalue weighted by Gasteiger charge is 2.67. The molecule has 1 atom stereocenters. The maximum absolute atomic E-state index is 13.1. The van der Waals surface area contributed by atoms with Crippen molar-refractivity contribution in [2.24, 2.45) is 5.41 Å². The molecule has 1 heterocycles. The molecule has 0 spiro atoms. The standard InChI is InChI=1S/C12H12F3NO2.H2S/c13-12(14,15)11(3-4-11)9(6-10(17)18)8-2-1-5-16-7-8;/h1-2,5,7,9H,3-4,6H2,(H,17,18);1H2/t9-;/m0./s1. The number of aromatic nitrogens is 1. The van der Waals surface area contributed by atoms with E-state index in [9.17, 15) is 18.0 Å². The van der Waals surface area contributed by atoms with Gasteiger partial charge in [0.15, 0.2) is 0 Å². The summed E-state index contributed by atoms with van der Waals surface area (Å²) < 4.78 is 39.2. The second-order valence-electron chi connectivity index (χ2n) is 4.59. The van der Waals surface area contributed by atoms with Crippen LogP contribution < -0.4 is 0 Å². The molecule has 0 unspecified atom stereocenters. The Kier molecular flexibility index (Phi) is 4.50. The minimum absolute atomic E-state index is 0. The predicted molar refractivity (Wildman–Crippen MR) is 67.3 cm³/mol. The average Bonchev–Trinajstić information content (AvgIpc) is 3.07. The van der Waals surface area contributed by atoms with Crippen LogP contribution in [0.2, 0.25) is 0 Å². The minimum atomic E-state index is -4.37. The first-order valence-corrected chi connectivity index (χ1v) is 5.55. The van der Waals surface area contributed by atoms with Crippen molar-refractivity contribution >= 4 is 19.5 Å². The van der Waals surface area contributed by atoms with Gasteiger partial charge in [0.25, 0.3) is 0 Å². The molecule has 0 amide bonds. The van der Waals surface area contributed by atoms with Crippen LogP contribution in [0.25, 0.3) is 0 Å². The van der Waals surface area contributed by atoms with Gasteiger partial charge in [0.2, 0.25) is 0 Å². The van der Waals surface area contributed by atoms with Crippen LogP contribution in [0.5, 0.6) is 0 Å². The molecule has 1 aromatic heterocycles. The van der Waals surface area contributed by atoms with Crippen LogP contribution in [0.1, 0.15) is 30.7 Å². The van der Waals surface area contributed by atoms with Crippen molar-refractivity contribution in [2.75, 3.05) is 0 Å². The van der Waals surface area contributed by atoms with E-state index in [2.05, 4.69) is 4.98 Å². The first-order valence-electron chi connectivity index (χ1n) is 5.55. The molecule has 1 aliphatic rings. The maximum atomic E-state index is 13.1. The number of nitrogens with zero attached hydrogens (tertiary/aromatic N) is 1. The lowest BCUT2D eigenvalue weighted by Gasteiger charge is -2.28. The Balaban J connectivity index is 0.00000180. The number of carbonyl (C=O) groups is 1. The fourth-order valence-corrected chi connectivity index (χ4v) is 2.35. The minimum Gasteiger partial charge on any atom is -0.481 e. The SMILES string of the molecule is O=C(O)C[C@@H](c1cccnc1)C1(C(F)(F)F)CC1.S. The van der Waals surface area contributed by atoms with Crippen molar-refractivity contribution in [3.63, 3.8) is 0 Å². The van der Waals surface area contributed by atoms with Gasteiger partial charge in [-0.05, 0) is 24.5 Å². The van der Waals surface area contributed by atoms with Gasteiger partial charge in [-0.15, -0.1) is 0 Å². The number of rotatable bonds is 4. The summed E-state index contributed by atoms with van der Waals surface area (Å²) in [6, 6.07) is 3.03. The van der Waals surface area contributed by atoms with Crippen LogP contribution in [0.4, 0.5) is 13.2 Å². The summed E-state index contributed by atoms with van der Waals surface area (Å²) in [4.78, 5) is 14.6. The Morgan fingerprint density at radius 2 is 2.11 bits per heavy atom. The zero-order valence-corrected chi connectivity index (χ0v) is 10.9. The Hall–Kier alpha value is -1.24. The van der Waals surface area contributed by atoms with Crippen LogP contribution in [0.3, 0.4) is 0 Å². The quantitative estimate of drug-likeness (QED) is 0.928. The fraction of sp³-hybridized carbons (Fsp3) is 0.500. The highest BCUT2D eigenvalue weighted by molar-refractivity contribution is 7.59. The molecule has 0 bridgehead atoms.